The number of rotatable bonds is 4. The van der Waals surface area contributed by atoms with Crippen LogP contribution in [0.15, 0.2) is 0 Å². The Morgan fingerprint density at radius 1 is 1.06 bits per heavy atom. The highest BCUT2D eigenvalue weighted by Crippen LogP contribution is 2.26. The second kappa shape index (κ2) is 6.69. The van der Waals surface area contributed by atoms with Gasteiger partial charge in [0.05, 0.1) is 25.4 Å². The average molecular weight is 243 g/mol. The zero-order valence-electron chi connectivity index (χ0n) is 10.6. The number of likely N-dealkylation sites (tertiary alicyclic amines) is 1. The van der Waals surface area contributed by atoms with Crippen LogP contribution < -0.4 is 0 Å². The minimum Gasteiger partial charge on any atom is -0.394 e. The van der Waals surface area contributed by atoms with Crippen molar-refractivity contribution in [3.63, 3.8) is 0 Å². The van der Waals surface area contributed by atoms with Gasteiger partial charge in [0.25, 0.3) is 0 Å². The smallest absolute Gasteiger partial charge is 0.0701 e. The predicted molar refractivity (Wildman–Crippen MR) is 65.9 cm³/mol. The van der Waals surface area contributed by atoms with E-state index in [1.807, 2.05) is 0 Å². The largest absolute Gasteiger partial charge is 0.394 e. The number of ether oxygens (including phenoxy) is 1. The van der Waals surface area contributed by atoms with Gasteiger partial charge in [0.15, 0.2) is 0 Å². The van der Waals surface area contributed by atoms with E-state index in [1.54, 1.807) is 0 Å². The molecular weight excluding hydrogens is 218 g/mol. The van der Waals surface area contributed by atoms with Crippen molar-refractivity contribution in [3.05, 3.63) is 0 Å². The van der Waals surface area contributed by atoms with Gasteiger partial charge in [0.2, 0.25) is 0 Å². The van der Waals surface area contributed by atoms with E-state index in [9.17, 15) is 5.11 Å². The molecule has 0 amide bonds. The number of aliphatic hydroxyl groups is 2. The number of nitrogens with zero attached hydrogens (tertiary/aromatic N) is 1. The maximum atomic E-state index is 10.0. The Balaban J connectivity index is 1.74. The molecule has 2 N–H and O–H groups in total. The van der Waals surface area contributed by atoms with Gasteiger partial charge < -0.3 is 14.9 Å². The summed E-state index contributed by atoms with van der Waals surface area (Å²) < 4.78 is 5.56. The fourth-order valence-electron chi connectivity index (χ4n) is 3.11. The molecule has 0 radical (unpaired) electrons. The summed E-state index contributed by atoms with van der Waals surface area (Å²) in [6.45, 7) is 2.62. The summed E-state index contributed by atoms with van der Waals surface area (Å²) in [5, 5.41) is 18.7. The minimum absolute atomic E-state index is 0.113. The van der Waals surface area contributed by atoms with E-state index in [2.05, 4.69) is 4.90 Å². The van der Waals surface area contributed by atoms with E-state index in [1.165, 1.54) is 12.8 Å². The minimum atomic E-state index is -0.126. The molecule has 1 heterocycles. The quantitative estimate of drug-likeness (QED) is 0.765. The van der Waals surface area contributed by atoms with Crippen LogP contribution in [0.1, 0.15) is 38.5 Å². The molecule has 4 heteroatoms. The monoisotopic (exact) mass is 243 g/mol. The summed E-state index contributed by atoms with van der Waals surface area (Å²) in [6, 6.07) is 0.377. The molecule has 1 aliphatic carbocycles. The van der Waals surface area contributed by atoms with Gasteiger partial charge >= 0.3 is 0 Å². The molecule has 2 fully saturated rings. The summed E-state index contributed by atoms with van der Waals surface area (Å²) in [4.78, 5) is 2.43. The maximum Gasteiger partial charge on any atom is 0.0701 e. The molecule has 2 rings (SSSR count). The third-order valence-corrected chi connectivity index (χ3v) is 4.08. The fourth-order valence-corrected chi connectivity index (χ4v) is 3.11. The van der Waals surface area contributed by atoms with Crippen LogP contribution in [0.2, 0.25) is 0 Å². The highest BCUT2D eigenvalue weighted by molar-refractivity contribution is 4.86. The lowest BCUT2D eigenvalue weighted by Crippen LogP contribution is -2.49. The van der Waals surface area contributed by atoms with Crippen LogP contribution >= 0.6 is 0 Å². The van der Waals surface area contributed by atoms with Crippen molar-refractivity contribution in [1.82, 2.24) is 4.90 Å². The molecule has 0 aromatic carbocycles. The number of hydrogen-bond acceptors (Lipinski definition) is 4. The second-order valence-electron chi connectivity index (χ2n) is 5.25. The van der Waals surface area contributed by atoms with Crippen LogP contribution in [0.25, 0.3) is 0 Å². The van der Waals surface area contributed by atoms with E-state index in [0.29, 0.717) is 18.8 Å². The zero-order chi connectivity index (χ0) is 12.1. The molecule has 0 bridgehead atoms. The SMILES string of the molecule is OCCOC1CCN(C2CCCCC2O)CC1. The van der Waals surface area contributed by atoms with E-state index in [-0.39, 0.29) is 12.7 Å². The Morgan fingerprint density at radius 2 is 1.76 bits per heavy atom. The molecule has 2 aliphatic rings. The zero-order valence-corrected chi connectivity index (χ0v) is 10.6. The lowest BCUT2D eigenvalue weighted by atomic mass is 9.90. The van der Waals surface area contributed by atoms with Crippen LogP contribution in [0.4, 0.5) is 0 Å². The fraction of sp³-hybridized carbons (Fsp3) is 1.00. The third kappa shape index (κ3) is 3.65. The molecule has 0 aromatic rings. The number of hydrogen-bond donors (Lipinski definition) is 2. The summed E-state index contributed by atoms with van der Waals surface area (Å²) in [5.41, 5.74) is 0. The van der Waals surface area contributed by atoms with Gasteiger partial charge in [-0.25, -0.2) is 0 Å². The van der Waals surface area contributed by atoms with Gasteiger partial charge in [-0.15, -0.1) is 0 Å². The van der Waals surface area contributed by atoms with Crippen molar-refractivity contribution in [1.29, 1.82) is 0 Å². The first-order valence-corrected chi connectivity index (χ1v) is 6.96. The Morgan fingerprint density at radius 3 is 2.41 bits per heavy atom. The number of piperidine rings is 1. The number of aliphatic hydroxyl groups excluding tert-OH is 2. The second-order valence-corrected chi connectivity index (χ2v) is 5.25. The molecule has 4 nitrogen and oxygen atoms in total. The van der Waals surface area contributed by atoms with Crippen LogP contribution in [0.5, 0.6) is 0 Å². The van der Waals surface area contributed by atoms with Gasteiger partial charge in [-0.05, 0) is 25.7 Å². The Bertz CT molecular complexity index is 217. The molecule has 17 heavy (non-hydrogen) atoms. The van der Waals surface area contributed by atoms with Crippen LogP contribution in [0, 0.1) is 0 Å². The van der Waals surface area contributed by atoms with Crippen LogP contribution in [-0.4, -0.2) is 59.7 Å². The maximum absolute atomic E-state index is 10.0. The Hall–Kier alpha value is -0.160. The van der Waals surface area contributed by atoms with Crippen molar-refractivity contribution in [3.8, 4) is 0 Å². The standard InChI is InChI=1S/C13H25NO3/c15-9-10-17-11-5-7-14(8-6-11)12-3-1-2-4-13(12)16/h11-13,15-16H,1-10H2. The first-order valence-electron chi connectivity index (χ1n) is 6.96. The molecule has 1 saturated heterocycles. The molecule has 0 aromatic heterocycles. The lowest BCUT2D eigenvalue weighted by molar-refractivity contribution is -0.0406. The van der Waals surface area contributed by atoms with Crippen molar-refractivity contribution in [2.24, 2.45) is 0 Å². The van der Waals surface area contributed by atoms with Gasteiger partial charge in [-0.2, -0.15) is 0 Å². The van der Waals surface area contributed by atoms with Gasteiger partial charge in [0, 0.05) is 19.1 Å². The molecule has 100 valence electrons. The summed E-state index contributed by atoms with van der Waals surface area (Å²) in [7, 11) is 0. The molecule has 2 atom stereocenters. The van der Waals surface area contributed by atoms with Crippen molar-refractivity contribution < 1.29 is 14.9 Å². The van der Waals surface area contributed by atoms with Crippen molar-refractivity contribution in [2.75, 3.05) is 26.3 Å². The third-order valence-electron chi connectivity index (χ3n) is 4.08. The highest BCUT2D eigenvalue weighted by Gasteiger charge is 2.31. The van der Waals surface area contributed by atoms with Gasteiger partial charge in [-0.1, -0.05) is 12.8 Å². The molecule has 1 saturated carbocycles. The van der Waals surface area contributed by atoms with E-state index in [0.717, 1.165) is 38.8 Å². The van der Waals surface area contributed by atoms with Gasteiger partial charge in [-0.3, -0.25) is 4.90 Å². The normalized spacial score (nSPS) is 32.8. The summed E-state index contributed by atoms with van der Waals surface area (Å²) in [5.74, 6) is 0. The lowest BCUT2D eigenvalue weighted by Gasteiger charge is -2.41. The topological polar surface area (TPSA) is 52.9 Å². The summed E-state index contributed by atoms with van der Waals surface area (Å²) >= 11 is 0. The van der Waals surface area contributed by atoms with E-state index in [4.69, 9.17) is 9.84 Å². The van der Waals surface area contributed by atoms with E-state index < -0.39 is 0 Å². The van der Waals surface area contributed by atoms with Crippen LogP contribution in [0.3, 0.4) is 0 Å². The van der Waals surface area contributed by atoms with Gasteiger partial charge in [0.1, 0.15) is 0 Å². The molecular formula is C13H25NO3. The molecule has 2 unspecified atom stereocenters. The summed E-state index contributed by atoms with van der Waals surface area (Å²) in [6.07, 6.45) is 6.77. The Labute approximate surface area is 104 Å². The molecule has 0 spiro atoms. The molecule has 1 aliphatic heterocycles. The Kier molecular flexibility index (Phi) is 5.22. The average Bonchev–Trinajstić information content (AvgIpc) is 2.38. The first-order chi connectivity index (χ1) is 8.31. The highest BCUT2D eigenvalue weighted by atomic mass is 16.5. The predicted octanol–water partition coefficient (Wildman–Crippen LogP) is 0.763. The van der Waals surface area contributed by atoms with E-state index >= 15 is 0 Å². The van der Waals surface area contributed by atoms with Crippen LogP contribution in [-0.2, 0) is 4.74 Å². The first kappa shape index (κ1) is 13.3. The van der Waals surface area contributed by atoms with Crippen molar-refractivity contribution in [2.45, 2.75) is 56.8 Å². The van der Waals surface area contributed by atoms with Crippen molar-refractivity contribution >= 4 is 0 Å².